The lowest BCUT2D eigenvalue weighted by molar-refractivity contribution is -0.889. The monoisotopic (exact) mass is 642 g/mol. The van der Waals surface area contributed by atoms with Crippen molar-refractivity contribution in [3.63, 3.8) is 0 Å². The fourth-order valence-corrected chi connectivity index (χ4v) is 5.54. The molecule has 0 bridgehead atoms. The number of ether oxygens (including phenoxy) is 3. The van der Waals surface area contributed by atoms with Gasteiger partial charge in [0.15, 0.2) is 6.10 Å². The summed E-state index contributed by atoms with van der Waals surface area (Å²) in [6.07, 6.45) is 25.5. The van der Waals surface area contributed by atoms with Gasteiger partial charge in [0.05, 0.1) is 40.3 Å². The van der Waals surface area contributed by atoms with Gasteiger partial charge in [-0.25, -0.2) is 0 Å². The average molecular weight is 642 g/mol. The standard InChI is InChI=1S/C37H71NO7/c1-6-8-10-12-14-16-17-18-20-22-24-26-28-36(40)45-33(31-43-30-29-34(37(41)42)38(3,4)5)32-44-35(39)27-25-23-21-19-15-13-11-9-7-2/h33-34H,6-32H2,1-5H3. The first kappa shape index (κ1) is 43.3. The van der Waals surface area contributed by atoms with Gasteiger partial charge in [-0.15, -0.1) is 0 Å². The van der Waals surface area contributed by atoms with Gasteiger partial charge in [0, 0.05) is 19.3 Å². The van der Waals surface area contributed by atoms with E-state index in [9.17, 15) is 19.5 Å². The van der Waals surface area contributed by atoms with E-state index < -0.39 is 18.1 Å². The van der Waals surface area contributed by atoms with Crippen LogP contribution in [0, 0.1) is 0 Å². The zero-order valence-corrected chi connectivity index (χ0v) is 30.1. The Hall–Kier alpha value is -1.67. The third-order valence-electron chi connectivity index (χ3n) is 8.49. The van der Waals surface area contributed by atoms with Crippen LogP contribution in [0.4, 0.5) is 0 Å². The summed E-state index contributed by atoms with van der Waals surface area (Å²) in [6.45, 7) is 4.64. The molecule has 2 atom stereocenters. The van der Waals surface area contributed by atoms with Gasteiger partial charge >= 0.3 is 11.9 Å². The minimum Gasteiger partial charge on any atom is -0.544 e. The molecular formula is C37H71NO7. The van der Waals surface area contributed by atoms with E-state index in [1.165, 1.54) is 96.3 Å². The molecule has 2 unspecified atom stereocenters. The Labute approximate surface area is 276 Å². The van der Waals surface area contributed by atoms with E-state index in [1.807, 2.05) is 0 Å². The molecule has 45 heavy (non-hydrogen) atoms. The van der Waals surface area contributed by atoms with Gasteiger partial charge < -0.3 is 28.6 Å². The number of hydrogen-bond donors (Lipinski definition) is 0. The molecule has 0 saturated heterocycles. The van der Waals surface area contributed by atoms with Crippen molar-refractivity contribution in [2.45, 2.75) is 180 Å². The molecule has 0 heterocycles. The third kappa shape index (κ3) is 28.3. The van der Waals surface area contributed by atoms with E-state index in [2.05, 4.69) is 13.8 Å². The van der Waals surface area contributed by atoms with Crippen molar-refractivity contribution in [2.75, 3.05) is 41.0 Å². The highest BCUT2D eigenvalue weighted by Crippen LogP contribution is 2.14. The molecule has 0 aliphatic rings. The van der Waals surface area contributed by atoms with E-state index in [1.54, 1.807) is 21.1 Å². The average Bonchev–Trinajstić information content (AvgIpc) is 2.98. The second-order valence-electron chi connectivity index (χ2n) is 13.8. The Kier molecular flexibility index (Phi) is 28.6. The van der Waals surface area contributed by atoms with Crippen LogP contribution in [0.15, 0.2) is 0 Å². The summed E-state index contributed by atoms with van der Waals surface area (Å²) < 4.78 is 17.0. The van der Waals surface area contributed by atoms with E-state index in [-0.39, 0.29) is 42.7 Å². The number of esters is 2. The third-order valence-corrected chi connectivity index (χ3v) is 8.49. The number of unbranched alkanes of at least 4 members (excludes halogenated alkanes) is 19. The van der Waals surface area contributed by atoms with E-state index in [0.717, 1.165) is 38.5 Å². The molecule has 0 aliphatic carbocycles. The molecule has 8 heteroatoms. The Balaban J connectivity index is 4.42. The van der Waals surface area contributed by atoms with Gasteiger partial charge in [0.25, 0.3) is 0 Å². The molecule has 0 rings (SSSR count). The minimum atomic E-state index is -1.12. The first-order valence-electron chi connectivity index (χ1n) is 18.6. The smallest absolute Gasteiger partial charge is 0.306 e. The minimum absolute atomic E-state index is 0.0480. The predicted molar refractivity (Wildman–Crippen MR) is 181 cm³/mol. The van der Waals surface area contributed by atoms with Crippen molar-refractivity contribution in [1.82, 2.24) is 0 Å². The van der Waals surface area contributed by atoms with E-state index in [4.69, 9.17) is 14.2 Å². The van der Waals surface area contributed by atoms with Crippen molar-refractivity contribution < 1.29 is 38.2 Å². The quantitative estimate of drug-likeness (QED) is 0.0411. The summed E-state index contributed by atoms with van der Waals surface area (Å²) in [5.74, 6) is -1.73. The number of carboxylic acids is 1. The molecule has 0 aromatic carbocycles. The van der Waals surface area contributed by atoms with Gasteiger partial charge in [0.2, 0.25) is 0 Å². The summed E-state index contributed by atoms with van der Waals surface area (Å²) in [4.78, 5) is 36.5. The summed E-state index contributed by atoms with van der Waals surface area (Å²) in [6, 6.07) is -0.717. The number of carbonyl (C=O) groups excluding carboxylic acids is 3. The Morgan fingerprint density at radius 1 is 0.578 bits per heavy atom. The molecule has 266 valence electrons. The molecule has 0 N–H and O–H groups in total. The van der Waals surface area contributed by atoms with Crippen LogP contribution in [0.5, 0.6) is 0 Å². The second-order valence-corrected chi connectivity index (χ2v) is 13.8. The van der Waals surface area contributed by atoms with Gasteiger partial charge in [0.1, 0.15) is 12.6 Å². The molecular weight excluding hydrogens is 570 g/mol. The number of rotatable bonds is 33. The van der Waals surface area contributed by atoms with Crippen LogP contribution >= 0.6 is 0 Å². The van der Waals surface area contributed by atoms with Crippen molar-refractivity contribution in [1.29, 1.82) is 0 Å². The zero-order valence-electron chi connectivity index (χ0n) is 30.1. The number of nitrogens with zero attached hydrogens (tertiary/aromatic N) is 1. The van der Waals surface area contributed by atoms with Gasteiger partial charge in [-0.1, -0.05) is 136 Å². The molecule has 0 aromatic heterocycles. The maximum atomic E-state index is 12.6. The molecule has 0 saturated carbocycles. The van der Waals surface area contributed by atoms with Crippen LogP contribution in [0.25, 0.3) is 0 Å². The van der Waals surface area contributed by atoms with Crippen LogP contribution in [0.1, 0.15) is 168 Å². The Morgan fingerprint density at radius 3 is 1.38 bits per heavy atom. The lowest BCUT2D eigenvalue weighted by Crippen LogP contribution is -2.55. The Morgan fingerprint density at radius 2 is 0.978 bits per heavy atom. The number of hydrogen-bond acceptors (Lipinski definition) is 7. The molecule has 0 aromatic rings. The van der Waals surface area contributed by atoms with Crippen LogP contribution in [-0.2, 0) is 28.6 Å². The molecule has 0 fully saturated rings. The van der Waals surface area contributed by atoms with Crippen LogP contribution in [0.3, 0.4) is 0 Å². The molecule has 0 aliphatic heterocycles. The van der Waals surface area contributed by atoms with Crippen molar-refractivity contribution in [2.24, 2.45) is 0 Å². The Bertz CT molecular complexity index is 722. The lowest BCUT2D eigenvalue weighted by atomic mass is 10.0. The van der Waals surface area contributed by atoms with Gasteiger partial charge in [-0.2, -0.15) is 0 Å². The van der Waals surface area contributed by atoms with Crippen LogP contribution in [-0.4, -0.2) is 75.5 Å². The topological polar surface area (TPSA) is 102 Å². The molecule has 0 radical (unpaired) electrons. The van der Waals surface area contributed by atoms with Crippen molar-refractivity contribution in [3.8, 4) is 0 Å². The van der Waals surface area contributed by atoms with Crippen LogP contribution in [0.2, 0.25) is 0 Å². The summed E-state index contributed by atoms with van der Waals surface area (Å²) in [5, 5.41) is 11.5. The maximum absolute atomic E-state index is 12.6. The first-order valence-corrected chi connectivity index (χ1v) is 18.6. The summed E-state index contributed by atoms with van der Waals surface area (Å²) in [5.41, 5.74) is 0. The number of likely N-dealkylation sites (N-methyl/N-ethyl adjacent to an activating group) is 1. The second kappa shape index (κ2) is 29.7. The molecule has 0 spiro atoms. The number of quaternary nitrogens is 1. The number of aliphatic carboxylic acids is 1. The predicted octanol–water partition coefficient (Wildman–Crippen LogP) is 7.68. The van der Waals surface area contributed by atoms with E-state index >= 15 is 0 Å². The molecule has 8 nitrogen and oxygen atoms in total. The lowest BCUT2D eigenvalue weighted by Gasteiger charge is -2.34. The highest BCUT2D eigenvalue weighted by atomic mass is 16.6. The van der Waals surface area contributed by atoms with Crippen molar-refractivity contribution >= 4 is 17.9 Å². The van der Waals surface area contributed by atoms with Gasteiger partial charge in [-0.05, 0) is 12.8 Å². The maximum Gasteiger partial charge on any atom is 0.306 e. The summed E-state index contributed by atoms with van der Waals surface area (Å²) >= 11 is 0. The highest BCUT2D eigenvalue weighted by molar-refractivity contribution is 5.70. The number of carboxylic acid groups (broad SMARTS) is 1. The largest absolute Gasteiger partial charge is 0.544 e. The van der Waals surface area contributed by atoms with E-state index in [0.29, 0.717) is 12.8 Å². The van der Waals surface area contributed by atoms with Crippen molar-refractivity contribution in [3.05, 3.63) is 0 Å². The summed E-state index contributed by atoms with van der Waals surface area (Å²) in [7, 11) is 5.40. The first-order chi connectivity index (χ1) is 21.6. The SMILES string of the molecule is CCCCCCCCCCCCCCC(=O)OC(COCCC(C(=O)[O-])[N+](C)(C)C)COC(=O)CCCCCCCCCCC. The zero-order chi connectivity index (χ0) is 33.6. The van der Waals surface area contributed by atoms with Gasteiger partial charge in [-0.3, -0.25) is 9.59 Å². The fourth-order valence-electron chi connectivity index (χ4n) is 5.54. The highest BCUT2D eigenvalue weighted by Gasteiger charge is 2.25. The van der Waals surface area contributed by atoms with Crippen LogP contribution < -0.4 is 5.11 Å². The molecule has 0 amide bonds. The fraction of sp³-hybridized carbons (Fsp3) is 0.919. The number of carbonyl (C=O) groups is 3. The normalized spacial score (nSPS) is 13.0.